The molecule has 144 valence electrons. The third-order valence-electron chi connectivity index (χ3n) is 3.63. The minimum absolute atomic E-state index is 0.0147. The van der Waals surface area contributed by atoms with Crippen molar-refractivity contribution in [1.82, 2.24) is 5.32 Å². The maximum atomic E-state index is 12.8. The van der Waals surface area contributed by atoms with E-state index in [1.165, 1.54) is 57.7 Å². The predicted molar refractivity (Wildman–Crippen MR) is 94.6 cm³/mol. The maximum Gasteiger partial charge on any atom is 0.325 e. The highest BCUT2D eigenvalue weighted by Gasteiger charge is 2.17. The average Bonchev–Trinajstić information content (AvgIpc) is 2.70. The second kappa shape index (κ2) is 9.42. The molecule has 0 aliphatic carbocycles. The summed E-state index contributed by atoms with van der Waals surface area (Å²) in [6.07, 6.45) is 0. The molecule has 2 aromatic rings. The molecule has 0 spiro atoms. The van der Waals surface area contributed by atoms with E-state index in [-0.39, 0.29) is 24.5 Å². The van der Waals surface area contributed by atoms with Crippen LogP contribution in [0.1, 0.15) is 15.9 Å². The van der Waals surface area contributed by atoms with E-state index in [0.29, 0.717) is 22.8 Å². The molecule has 0 saturated carbocycles. The first-order chi connectivity index (χ1) is 13.0. The summed E-state index contributed by atoms with van der Waals surface area (Å²) in [6, 6.07) is 8.51. The first-order valence-corrected chi connectivity index (χ1v) is 7.96. The van der Waals surface area contributed by atoms with E-state index in [1.807, 2.05) is 0 Å². The number of halogens is 1. The van der Waals surface area contributed by atoms with Crippen molar-refractivity contribution in [1.29, 1.82) is 0 Å². The van der Waals surface area contributed by atoms with Crippen molar-refractivity contribution >= 4 is 11.9 Å². The Morgan fingerprint density at radius 1 is 0.963 bits per heavy atom. The zero-order chi connectivity index (χ0) is 19.8. The molecular weight excluding hydrogens is 357 g/mol. The monoisotopic (exact) mass is 377 g/mol. The number of carbonyl (C=O) groups is 2. The van der Waals surface area contributed by atoms with Gasteiger partial charge in [0.05, 0.1) is 21.3 Å². The summed E-state index contributed by atoms with van der Waals surface area (Å²) in [6.45, 7) is -0.337. The number of hydrogen-bond acceptors (Lipinski definition) is 6. The highest BCUT2D eigenvalue weighted by atomic mass is 19.1. The molecule has 0 unspecified atom stereocenters. The van der Waals surface area contributed by atoms with Crippen LogP contribution < -0.4 is 19.5 Å². The van der Waals surface area contributed by atoms with E-state index in [2.05, 4.69) is 5.32 Å². The molecule has 0 radical (unpaired) electrons. The highest BCUT2D eigenvalue weighted by Crippen LogP contribution is 2.38. The molecule has 0 aliphatic rings. The Bertz CT molecular complexity index is 781. The van der Waals surface area contributed by atoms with Crippen LogP contribution in [0.4, 0.5) is 4.39 Å². The van der Waals surface area contributed by atoms with Gasteiger partial charge in [0.15, 0.2) is 11.5 Å². The molecule has 0 atom stereocenters. The fourth-order valence-corrected chi connectivity index (χ4v) is 2.26. The molecular formula is C19H20FNO6. The number of ether oxygens (including phenoxy) is 4. The summed E-state index contributed by atoms with van der Waals surface area (Å²) in [7, 11) is 4.33. The Kier molecular flexibility index (Phi) is 6.99. The molecule has 1 N–H and O–H groups in total. The summed E-state index contributed by atoms with van der Waals surface area (Å²) in [5.41, 5.74) is 0.872. The lowest BCUT2D eigenvalue weighted by Gasteiger charge is -2.14. The van der Waals surface area contributed by atoms with E-state index in [9.17, 15) is 14.0 Å². The SMILES string of the molecule is COc1cc(C(=O)NCC(=O)OCc2ccc(F)cc2)cc(OC)c1OC. The molecule has 0 aliphatic heterocycles. The summed E-state index contributed by atoms with van der Waals surface area (Å²) >= 11 is 0. The predicted octanol–water partition coefficient (Wildman–Crippen LogP) is 2.32. The van der Waals surface area contributed by atoms with Crippen LogP contribution in [0.5, 0.6) is 17.2 Å². The van der Waals surface area contributed by atoms with Gasteiger partial charge >= 0.3 is 5.97 Å². The molecule has 0 heterocycles. The van der Waals surface area contributed by atoms with Crippen molar-refractivity contribution < 1.29 is 32.9 Å². The van der Waals surface area contributed by atoms with Crippen molar-refractivity contribution in [3.05, 3.63) is 53.3 Å². The largest absolute Gasteiger partial charge is 0.493 e. The quantitative estimate of drug-likeness (QED) is 0.711. The van der Waals surface area contributed by atoms with Gasteiger partial charge in [0.2, 0.25) is 5.75 Å². The van der Waals surface area contributed by atoms with Gasteiger partial charge in [-0.3, -0.25) is 9.59 Å². The summed E-state index contributed by atoms with van der Waals surface area (Å²) in [5.74, 6) is -0.507. The number of carbonyl (C=O) groups excluding carboxylic acids is 2. The molecule has 2 rings (SSSR count). The number of hydrogen-bond donors (Lipinski definition) is 1. The molecule has 0 saturated heterocycles. The van der Waals surface area contributed by atoms with Crippen LogP contribution in [0.25, 0.3) is 0 Å². The van der Waals surface area contributed by atoms with Crippen molar-refractivity contribution in [2.45, 2.75) is 6.61 Å². The number of amides is 1. The van der Waals surface area contributed by atoms with Crippen LogP contribution in [-0.4, -0.2) is 39.8 Å². The Morgan fingerprint density at radius 3 is 2.07 bits per heavy atom. The molecule has 27 heavy (non-hydrogen) atoms. The molecule has 0 bridgehead atoms. The van der Waals surface area contributed by atoms with Gasteiger partial charge in [0.25, 0.3) is 5.91 Å². The second-order valence-electron chi connectivity index (χ2n) is 5.38. The summed E-state index contributed by atoms with van der Waals surface area (Å²) in [5, 5.41) is 2.46. The van der Waals surface area contributed by atoms with E-state index < -0.39 is 11.9 Å². The lowest BCUT2D eigenvalue weighted by molar-refractivity contribution is -0.143. The van der Waals surface area contributed by atoms with Crippen LogP contribution >= 0.6 is 0 Å². The zero-order valence-electron chi connectivity index (χ0n) is 15.2. The van der Waals surface area contributed by atoms with Crippen molar-refractivity contribution in [2.24, 2.45) is 0 Å². The summed E-state index contributed by atoms with van der Waals surface area (Å²) in [4.78, 5) is 24.1. The van der Waals surface area contributed by atoms with Crippen molar-refractivity contribution in [3.63, 3.8) is 0 Å². The average molecular weight is 377 g/mol. The lowest BCUT2D eigenvalue weighted by atomic mass is 10.1. The minimum atomic E-state index is -0.625. The van der Waals surface area contributed by atoms with Crippen LogP contribution in [-0.2, 0) is 16.1 Å². The number of nitrogens with one attached hydrogen (secondary N) is 1. The first-order valence-electron chi connectivity index (χ1n) is 7.96. The standard InChI is InChI=1S/C19H20FNO6/c1-24-15-8-13(9-16(25-2)18(15)26-3)19(23)21-10-17(22)27-11-12-4-6-14(20)7-5-12/h4-9H,10-11H2,1-3H3,(H,21,23). The van der Waals surface area contributed by atoms with Gasteiger partial charge in [0.1, 0.15) is 19.0 Å². The number of rotatable bonds is 8. The van der Waals surface area contributed by atoms with Crippen LogP contribution in [0.15, 0.2) is 36.4 Å². The zero-order valence-corrected chi connectivity index (χ0v) is 15.2. The van der Waals surface area contributed by atoms with E-state index >= 15 is 0 Å². The Balaban J connectivity index is 1.94. The van der Waals surface area contributed by atoms with Gasteiger partial charge in [0, 0.05) is 5.56 Å². The second-order valence-corrected chi connectivity index (χ2v) is 5.38. The molecule has 0 fully saturated rings. The van der Waals surface area contributed by atoms with Gasteiger partial charge < -0.3 is 24.3 Å². The molecule has 1 amide bonds. The van der Waals surface area contributed by atoms with Gasteiger partial charge in [-0.2, -0.15) is 0 Å². The fourth-order valence-electron chi connectivity index (χ4n) is 2.26. The van der Waals surface area contributed by atoms with Gasteiger partial charge in [-0.15, -0.1) is 0 Å². The third kappa shape index (κ3) is 5.34. The van der Waals surface area contributed by atoms with Crippen LogP contribution in [0.3, 0.4) is 0 Å². The maximum absolute atomic E-state index is 12.8. The van der Waals surface area contributed by atoms with E-state index in [1.54, 1.807) is 0 Å². The Morgan fingerprint density at radius 2 is 1.56 bits per heavy atom. The van der Waals surface area contributed by atoms with Gasteiger partial charge in [-0.1, -0.05) is 12.1 Å². The highest BCUT2D eigenvalue weighted by molar-refractivity contribution is 5.97. The summed E-state index contributed by atoms with van der Waals surface area (Å²) < 4.78 is 33.4. The Labute approximate surface area is 156 Å². The van der Waals surface area contributed by atoms with Crippen LogP contribution in [0, 0.1) is 5.82 Å². The normalized spacial score (nSPS) is 10.1. The van der Waals surface area contributed by atoms with Crippen molar-refractivity contribution in [2.75, 3.05) is 27.9 Å². The van der Waals surface area contributed by atoms with Gasteiger partial charge in [-0.05, 0) is 29.8 Å². The number of esters is 1. The van der Waals surface area contributed by atoms with E-state index in [0.717, 1.165) is 0 Å². The first kappa shape index (κ1) is 20.0. The fraction of sp³-hybridized carbons (Fsp3) is 0.263. The number of methoxy groups -OCH3 is 3. The van der Waals surface area contributed by atoms with Crippen LogP contribution in [0.2, 0.25) is 0 Å². The smallest absolute Gasteiger partial charge is 0.325 e. The van der Waals surface area contributed by atoms with Crippen molar-refractivity contribution in [3.8, 4) is 17.2 Å². The third-order valence-corrected chi connectivity index (χ3v) is 3.63. The lowest BCUT2D eigenvalue weighted by Crippen LogP contribution is -2.30. The number of benzene rings is 2. The molecule has 8 heteroatoms. The molecule has 0 aromatic heterocycles. The topological polar surface area (TPSA) is 83.1 Å². The molecule has 2 aromatic carbocycles. The molecule has 7 nitrogen and oxygen atoms in total. The minimum Gasteiger partial charge on any atom is -0.493 e. The van der Waals surface area contributed by atoms with E-state index in [4.69, 9.17) is 18.9 Å². The van der Waals surface area contributed by atoms with Gasteiger partial charge in [-0.25, -0.2) is 4.39 Å². The Hall–Kier alpha value is -3.29.